The van der Waals surface area contributed by atoms with Gasteiger partial charge < -0.3 is 0 Å². The maximum atomic E-state index is 5.02. The molecule has 3 aromatic rings. The second-order valence-corrected chi connectivity index (χ2v) is 11.0. The molecule has 1 aromatic heterocycles. The van der Waals surface area contributed by atoms with Gasteiger partial charge in [0.1, 0.15) is 6.17 Å². The highest BCUT2D eigenvalue weighted by molar-refractivity contribution is 8.08. The highest BCUT2D eigenvalue weighted by atomic mass is 32.2. The second-order valence-electron chi connectivity index (χ2n) is 10.0. The summed E-state index contributed by atoms with van der Waals surface area (Å²) < 4.78 is 2.45. The largest absolute Gasteiger partial charge is 0.299 e. The minimum absolute atomic E-state index is 0.167. The zero-order chi connectivity index (χ0) is 19.7. The number of aromatic nitrogens is 2. The molecule has 0 spiro atoms. The van der Waals surface area contributed by atoms with Crippen molar-refractivity contribution in [1.29, 1.82) is 0 Å². The van der Waals surface area contributed by atoms with Gasteiger partial charge in [0.15, 0.2) is 5.16 Å². The Bertz CT molecular complexity index is 1110. The molecule has 4 saturated carbocycles. The lowest BCUT2D eigenvalue weighted by atomic mass is 9.53. The Morgan fingerprint density at radius 1 is 0.867 bits per heavy atom. The van der Waals surface area contributed by atoms with Gasteiger partial charge in [-0.2, -0.15) is 0 Å². The van der Waals surface area contributed by atoms with Gasteiger partial charge in [0.25, 0.3) is 0 Å². The van der Waals surface area contributed by atoms with E-state index in [1.54, 1.807) is 11.8 Å². The first-order chi connectivity index (χ1) is 14.7. The lowest BCUT2D eigenvalue weighted by Crippen LogP contribution is -2.59. The number of imidazole rings is 1. The number of rotatable bonds is 3. The third kappa shape index (κ3) is 2.73. The number of hydrogen-bond donors (Lipinski definition) is 1. The summed E-state index contributed by atoms with van der Waals surface area (Å²) in [5, 5.41) is 5.34. The Hall–Kier alpha value is -2.04. The first-order valence-electron chi connectivity index (χ1n) is 11.4. The van der Waals surface area contributed by atoms with Crippen LogP contribution in [0, 0.1) is 17.8 Å². The van der Waals surface area contributed by atoms with E-state index in [1.807, 2.05) is 0 Å². The summed E-state index contributed by atoms with van der Waals surface area (Å²) in [4.78, 5) is 6.34. The van der Waals surface area contributed by atoms with Crippen LogP contribution in [0.3, 0.4) is 0 Å². The Balaban J connectivity index is 1.33. The van der Waals surface area contributed by atoms with Crippen molar-refractivity contribution in [3.05, 3.63) is 66.2 Å². The van der Waals surface area contributed by atoms with Crippen molar-refractivity contribution >= 4 is 27.7 Å². The number of nitrogens with zero attached hydrogens (tertiary/aromatic N) is 2. The average molecular weight is 414 g/mol. The summed E-state index contributed by atoms with van der Waals surface area (Å²) in [7, 11) is 0. The van der Waals surface area contributed by atoms with E-state index in [1.165, 1.54) is 54.5 Å². The number of hydrogen-bond acceptors (Lipinski definition) is 3. The lowest BCUT2D eigenvalue weighted by molar-refractivity contribution is -0.0270. The van der Waals surface area contributed by atoms with E-state index < -0.39 is 0 Å². The lowest BCUT2D eigenvalue weighted by Gasteiger charge is -2.58. The summed E-state index contributed by atoms with van der Waals surface area (Å²) in [6.07, 6.45) is 11.1. The molecule has 2 heterocycles. The number of benzene rings is 2. The smallest absolute Gasteiger partial charge is 0.175 e. The molecule has 4 heteroatoms. The van der Waals surface area contributed by atoms with Crippen LogP contribution in [0.5, 0.6) is 0 Å². The SMILES string of the molecule is C1=C(c2ccccc2)Sc2nc3ccccc3n2[C@@H]1NC12CC3CC(CC(C3)C1)C2. The average Bonchev–Trinajstić information content (AvgIpc) is 3.12. The molecular weight excluding hydrogens is 386 g/mol. The molecule has 0 saturated heterocycles. The minimum Gasteiger partial charge on any atom is -0.299 e. The van der Waals surface area contributed by atoms with E-state index in [0.29, 0.717) is 5.54 Å². The van der Waals surface area contributed by atoms with E-state index in [2.05, 4.69) is 70.6 Å². The highest BCUT2D eigenvalue weighted by Crippen LogP contribution is 2.56. The van der Waals surface area contributed by atoms with Gasteiger partial charge in [-0.15, -0.1) is 0 Å². The minimum atomic E-state index is 0.167. The highest BCUT2D eigenvalue weighted by Gasteiger charge is 2.51. The zero-order valence-electron chi connectivity index (χ0n) is 17.1. The molecule has 2 aromatic carbocycles. The molecule has 1 aliphatic heterocycles. The molecule has 0 amide bonds. The van der Waals surface area contributed by atoms with Crippen LogP contribution in [-0.4, -0.2) is 15.1 Å². The fourth-order valence-corrected chi connectivity index (χ4v) is 8.28. The number of fused-ring (bicyclic) bond motifs is 3. The van der Waals surface area contributed by atoms with Crippen molar-refractivity contribution in [3.8, 4) is 0 Å². The Morgan fingerprint density at radius 2 is 1.53 bits per heavy atom. The van der Waals surface area contributed by atoms with Crippen LogP contribution < -0.4 is 5.32 Å². The van der Waals surface area contributed by atoms with Gasteiger partial charge in [-0.25, -0.2) is 4.98 Å². The van der Waals surface area contributed by atoms with Crippen LogP contribution >= 0.6 is 11.8 Å². The van der Waals surface area contributed by atoms with Crippen molar-refractivity contribution in [2.75, 3.05) is 0 Å². The summed E-state index contributed by atoms with van der Waals surface area (Å²) in [5.41, 5.74) is 3.94. The standard InChI is InChI=1S/C26H27N3S/c1-2-6-20(7-3-1)23-13-24(29-22-9-5-4-8-21(22)27-25(29)30-23)28-26-14-17-10-18(15-26)12-19(11-17)16-26/h1-9,13,17-19,24,28H,10-12,14-16H2/t17?,18?,19?,24-,26?/m0/s1. The van der Waals surface area contributed by atoms with Gasteiger partial charge in [-0.05, 0) is 80.1 Å². The molecule has 1 N–H and O–H groups in total. The number of nitrogens with one attached hydrogen (secondary N) is 1. The summed E-state index contributed by atoms with van der Waals surface area (Å²) in [6, 6.07) is 19.4. The Morgan fingerprint density at radius 3 is 2.27 bits per heavy atom. The van der Waals surface area contributed by atoms with Crippen LogP contribution in [0.15, 0.2) is 65.8 Å². The van der Waals surface area contributed by atoms with E-state index in [0.717, 1.165) is 28.4 Å². The normalized spacial score (nSPS) is 34.2. The summed E-state index contributed by atoms with van der Waals surface area (Å²) >= 11 is 1.80. The van der Waals surface area contributed by atoms with Gasteiger partial charge in [0.2, 0.25) is 0 Å². The predicted octanol–water partition coefficient (Wildman–Crippen LogP) is 6.24. The van der Waals surface area contributed by atoms with Crippen molar-refractivity contribution in [2.45, 2.75) is 55.4 Å². The van der Waals surface area contributed by atoms with Gasteiger partial charge >= 0.3 is 0 Å². The van der Waals surface area contributed by atoms with Crippen molar-refractivity contribution in [2.24, 2.45) is 17.8 Å². The molecule has 4 fully saturated rings. The first-order valence-corrected chi connectivity index (χ1v) is 12.3. The molecule has 8 rings (SSSR count). The van der Waals surface area contributed by atoms with Crippen LogP contribution in [0.4, 0.5) is 0 Å². The maximum Gasteiger partial charge on any atom is 0.175 e. The van der Waals surface area contributed by atoms with Gasteiger partial charge in [0.05, 0.1) is 11.0 Å². The number of para-hydroxylation sites is 2. The van der Waals surface area contributed by atoms with E-state index in [-0.39, 0.29) is 6.17 Å². The molecule has 0 unspecified atom stereocenters. The second kappa shape index (κ2) is 6.48. The number of thioether (sulfide) groups is 1. The molecule has 1 atom stereocenters. The summed E-state index contributed by atoms with van der Waals surface area (Å²) in [6.45, 7) is 0. The molecule has 4 bridgehead atoms. The zero-order valence-corrected chi connectivity index (χ0v) is 17.9. The fraction of sp³-hybridized carbons (Fsp3) is 0.423. The van der Waals surface area contributed by atoms with Crippen molar-refractivity contribution in [3.63, 3.8) is 0 Å². The van der Waals surface area contributed by atoms with Crippen LogP contribution in [-0.2, 0) is 0 Å². The van der Waals surface area contributed by atoms with Gasteiger partial charge in [0, 0.05) is 10.4 Å². The fourth-order valence-electron chi connectivity index (χ4n) is 7.18. The molecule has 3 nitrogen and oxygen atoms in total. The predicted molar refractivity (Wildman–Crippen MR) is 123 cm³/mol. The van der Waals surface area contributed by atoms with Crippen molar-refractivity contribution in [1.82, 2.24) is 14.9 Å². The third-order valence-electron chi connectivity index (χ3n) is 7.90. The molecule has 152 valence electrons. The van der Waals surface area contributed by atoms with E-state index in [9.17, 15) is 0 Å². The summed E-state index contributed by atoms with van der Waals surface area (Å²) in [5.74, 6) is 2.83. The molecule has 0 radical (unpaired) electrons. The quantitative estimate of drug-likeness (QED) is 0.551. The molecular formula is C26H27N3S. The van der Waals surface area contributed by atoms with E-state index >= 15 is 0 Å². The Kier molecular flexibility index (Phi) is 3.80. The van der Waals surface area contributed by atoms with E-state index in [4.69, 9.17) is 4.98 Å². The topological polar surface area (TPSA) is 29.9 Å². The van der Waals surface area contributed by atoms with Crippen LogP contribution in [0.1, 0.15) is 50.3 Å². The Labute approximate surface area is 182 Å². The monoisotopic (exact) mass is 413 g/mol. The van der Waals surface area contributed by atoms with Crippen molar-refractivity contribution < 1.29 is 0 Å². The van der Waals surface area contributed by atoms with Gasteiger partial charge in [-0.3, -0.25) is 9.88 Å². The molecule has 5 aliphatic rings. The van der Waals surface area contributed by atoms with Crippen LogP contribution in [0.25, 0.3) is 15.9 Å². The van der Waals surface area contributed by atoms with Gasteiger partial charge in [-0.1, -0.05) is 54.2 Å². The third-order valence-corrected chi connectivity index (χ3v) is 8.96. The molecule has 30 heavy (non-hydrogen) atoms. The molecule has 4 aliphatic carbocycles. The van der Waals surface area contributed by atoms with Crippen LogP contribution in [0.2, 0.25) is 0 Å². The maximum absolute atomic E-state index is 5.02. The first kappa shape index (κ1) is 17.6.